The Kier molecular flexibility index (Phi) is 8.19. The van der Waals surface area contributed by atoms with Crippen molar-refractivity contribution < 1.29 is 19.2 Å². The highest BCUT2D eigenvalue weighted by molar-refractivity contribution is 7.98. The smallest absolute Gasteiger partial charge is 0.262 e. The van der Waals surface area contributed by atoms with Gasteiger partial charge in [-0.2, -0.15) is 0 Å². The van der Waals surface area contributed by atoms with Crippen LogP contribution in [0.25, 0.3) is 0 Å². The molecule has 1 atom stereocenters. The maximum Gasteiger partial charge on any atom is 0.262 e. The van der Waals surface area contributed by atoms with E-state index in [1.807, 2.05) is 18.0 Å². The van der Waals surface area contributed by atoms with Crippen LogP contribution in [0.4, 0.5) is 5.69 Å². The molecule has 10 nitrogen and oxygen atoms in total. The summed E-state index contributed by atoms with van der Waals surface area (Å²) in [6.45, 7) is 7.63. The maximum atomic E-state index is 13.1. The summed E-state index contributed by atoms with van der Waals surface area (Å²) in [5.74, 6) is -1.42. The maximum absolute atomic E-state index is 13.1. The molecule has 3 aliphatic heterocycles. The fourth-order valence-electron chi connectivity index (χ4n) is 4.45. The third-order valence-corrected chi connectivity index (χ3v) is 7.62. The lowest BCUT2D eigenvalue weighted by Crippen LogP contribution is -2.49. The van der Waals surface area contributed by atoms with E-state index in [-0.39, 0.29) is 12.8 Å². The highest BCUT2D eigenvalue weighted by Gasteiger charge is 2.42. The van der Waals surface area contributed by atoms with Gasteiger partial charge < -0.3 is 20.3 Å². The first-order valence-corrected chi connectivity index (χ1v) is 12.6. The predicted molar refractivity (Wildman–Crippen MR) is 131 cm³/mol. The molecule has 184 valence electrons. The molecule has 0 bridgehead atoms. The highest BCUT2D eigenvalue weighted by Crippen LogP contribution is 2.30. The summed E-state index contributed by atoms with van der Waals surface area (Å²) >= 11 is 1.82. The molecule has 3 amide bonds. The Hall–Kier alpha value is -2.47. The van der Waals surface area contributed by atoms with Crippen molar-refractivity contribution in [1.29, 1.82) is 0 Å². The Morgan fingerprint density at radius 3 is 2.56 bits per heavy atom. The number of benzene rings is 1. The number of piperazine rings is 1. The van der Waals surface area contributed by atoms with E-state index in [0.29, 0.717) is 22.7 Å². The fourth-order valence-corrected chi connectivity index (χ4v) is 5.30. The molecule has 2 saturated heterocycles. The zero-order valence-electron chi connectivity index (χ0n) is 19.4. The Morgan fingerprint density at radius 2 is 1.91 bits per heavy atom. The van der Waals surface area contributed by atoms with Gasteiger partial charge in [0.05, 0.1) is 11.1 Å². The molecule has 1 aromatic carbocycles. The molecule has 3 aliphatic rings. The van der Waals surface area contributed by atoms with Gasteiger partial charge in [0.15, 0.2) is 0 Å². The van der Waals surface area contributed by atoms with Gasteiger partial charge in [-0.25, -0.2) is 0 Å². The summed E-state index contributed by atoms with van der Waals surface area (Å²) < 4.78 is 3.45. The number of nitrogens with one attached hydrogen (secondary N) is 3. The van der Waals surface area contributed by atoms with Crippen LogP contribution in [-0.2, 0) is 9.59 Å². The number of rotatable bonds is 11. The molecule has 3 N–H and O–H groups in total. The van der Waals surface area contributed by atoms with Crippen LogP contribution in [0.3, 0.4) is 0 Å². The van der Waals surface area contributed by atoms with Gasteiger partial charge in [0.2, 0.25) is 5.91 Å². The molecular weight excluding hydrogens is 456 g/mol. The SMILES string of the molecule is CNC(=O)C(CCC=O)N1C(=O)c2ccc(N3CCN(CCNSC4CNC4)CC3)cc2C1=O. The number of anilines is 1. The number of hydrogen-bond acceptors (Lipinski definition) is 9. The van der Waals surface area contributed by atoms with Gasteiger partial charge in [0, 0.05) is 76.8 Å². The Bertz CT molecular complexity index is 932. The van der Waals surface area contributed by atoms with Crippen molar-refractivity contribution in [3.63, 3.8) is 0 Å². The van der Waals surface area contributed by atoms with Gasteiger partial charge >= 0.3 is 0 Å². The number of hydrogen-bond donors (Lipinski definition) is 3. The fraction of sp³-hybridized carbons (Fsp3) is 0.565. The number of nitrogens with zero attached hydrogens (tertiary/aromatic N) is 3. The summed E-state index contributed by atoms with van der Waals surface area (Å²) in [6.07, 6.45) is 0.883. The average molecular weight is 489 g/mol. The summed E-state index contributed by atoms with van der Waals surface area (Å²) in [5, 5.41) is 6.44. The lowest BCUT2D eigenvalue weighted by atomic mass is 10.1. The molecule has 3 heterocycles. The molecule has 34 heavy (non-hydrogen) atoms. The van der Waals surface area contributed by atoms with Gasteiger partial charge in [0.1, 0.15) is 12.3 Å². The number of carbonyl (C=O) groups excluding carboxylic acids is 4. The van der Waals surface area contributed by atoms with Crippen molar-refractivity contribution in [2.45, 2.75) is 24.1 Å². The molecule has 0 aliphatic carbocycles. The van der Waals surface area contributed by atoms with Crippen LogP contribution >= 0.6 is 11.9 Å². The Morgan fingerprint density at radius 1 is 1.18 bits per heavy atom. The number of carbonyl (C=O) groups is 4. The molecule has 0 spiro atoms. The third kappa shape index (κ3) is 5.27. The summed E-state index contributed by atoms with van der Waals surface area (Å²) in [4.78, 5) is 54.9. The van der Waals surface area contributed by atoms with Crippen molar-refractivity contribution in [3.8, 4) is 0 Å². The second-order valence-corrected chi connectivity index (χ2v) is 9.90. The first-order valence-electron chi connectivity index (χ1n) is 11.8. The van der Waals surface area contributed by atoms with Crippen LogP contribution in [0.1, 0.15) is 33.6 Å². The number of amides is 3. The van der Waals surface area contributed by atoms with Gasteiger partial charge in [-0.1, -0.05) is 11.9 Å². The van der Waals surface area contributed by atoms with E-state index in [1.165, 1.54) is 7.05 Å². The van der Waals surface area contributed by atoms with E-state index in [1.54, 1.807) is 12.1 Å². The Balaban J connectivity index is 1.35. The molecule has 11 heteroatoms. The van der Waals surface area contributed by atoms with Crippen molar-refractivity contribution in [2.24, 2.45) is 0 Å². The van der Waals surface area contributed by atoms with Crippen LogP contribution in [0.2, 0.25) is 0 Å². The van der Waals surface area contributed by atoms with Gasteiger partial charge in [-0.15, -0.1) is 0 Å². The highest BCUT2D eigenvalue weighted by atomic mass is 32.2. The standard InChI is InChI=1S/C23H32N6O4S/c1-24-21(31)20(3-2-12-30)29-22(32)18-5-4-16(13-19(18)23(29)33)28-10-8-27(9-11-28)7-6-26-34-17-14-25-15-17/h4-5,12-13,17,20,25-26H,2-3,6-11,14-15H2,1H3,(H,24,31). The number of fused-ring (bicyclic) bond motifs is 1. The largest absolute Gasteiger partial charge is 0.369 e. The molecule has 1 aromatic rings. The van der Waals surface area contributed by atoms with E-state index in [9.17, 15) is 19.2 Å². The van der Waals surface area contributed by atoms with Crippen LogP contribution in [0, 0.1) is 0 Å². The van der Waals surface area contributed by atoms with Gasteiger partial charge in [-0.05, 0) is 24.6 Å². The van der Waals surface area contributed by atoms with E-state index in [2.05, 4.69) is 25.2 Å². The number of likely N-dealkylation sites (N-methyl/N-ethyl adjacent to an activating group) is 1. The van der Waals surface area contributed by atoms with Crippen molar-refractivity contribution in [3.05, 3.63) is 29.3 Å². The molecule has 4 rings (SSSR count). The lowest BCUT2D eigenvalue weighted by molar-refractivity contribution is -0.124. The first-order chi connectivity index (χ1) is 16.5. The van der Waals surface area contributed by atoms with Crippen LogP contribution in [0.5, 0.6) is 0 Å². The third-order valence-electron chi connectivity index (χ3n) is 6.58. The lowest BCUT2D eigenvalue weighted by Gasteiger charge is -2.36. The minimum absolute atomic E-state index is 0.0903. The monoisotopic (exact) mass is 488 g/mol. The summed E-state index contributed by atoms with van der Waals surface area (Å²) in [5.41, 5.74) is 1.52. The minimum Gasteiger partial charge on any atom is -0.369 e. The van der Waals surface area contributed by atoms with E-state index >= 15 is 0 Å². The van der Waals surface area contributed by atoms with Crippen molar-refractivity contribution in [1.82, 2.24) is 25.2 Å². The number of imide groups is 1. The van der Waals surface area contributed by atoms with E-state index in [0.717, 1.165) is 62.9 Å². The topological polar surface area (TPSA) is 114 Å². The average Bonchev–Trinajstić information content (AvgIpc) is 3.08. The van der Waals surface area contributed by atoms with Crippen LogP contribution < -0.4 is 20.3 Å². The number of aldehydes is 1. The van der Waals surface area contributed by atoms with Crippen LogP contribution in [0.15, 0.2) is 18.2 Å². The van der Waals surface area contributed by atoms with E-state index < -0.39 is 23.8 Å². The molecule has 0 aromatic heterocycles. The first kappa shape index (κ1) is 24.6. The molecule has 1 unspecified atom stereocenters. The van der Waals surface area contributed by atoms with Crippen molar-refractivity contribution in [2.75, 3.05) is 64.3 Å². The molecule has 0 saturated carbocycles. The zero-order chi connectivity index (χ0) is 24.1. The zero-order valence-corrected chi connectivity index (χ0v) is 20.2. The molecule has 2 fully saturated rings. The second-order valence-electron chi connectivity index (χ2n) is 8.71. The quantitative estimate of drug-likeness (QED) is 0.167. The Labute approximate surface area is 203 Å². The van der Waals surface area contributed by atoms with Crippen molar-refractivity contribution >= 4 is 41.6 Å². The van der Waals surface area contributed by atoms with Gasteiger partial charge in [-0.3, -0.25) is 28.9 Å². The van der Waals surface area contributed by atoms with Crippen LogP contribution in [-0.4, -0.2) is 105 Å². The second kappa shape index (κ2) is 11.3. The molecular formula is C23H32N6O4S. The van der Waals surface area contributed by atoms with Gasteiger partial charge in [0.25, 0.3) is 11.8 Å². The van der Waals surface area contributed by atoms with E-state index in [4.69, 9.17) is 0 Å². The molecule has 0 radical (unpaired) electrons. The predicted octanol–water partition coefficient (Wildman–Crippen LogP) is -0.292. The summed E-state index contributed by atoms with van der Waals surface area (Å²) in [7, 11) is 1.45. The summed E-state index contributed by atoms with van der Waals surface area (Å²) in [6, 6.07) is 4.31. The normalized spacial score (nSPS) is 19.7. The minimum atomic E-state index is -0.998.